The van der Waals surface area contributed by atoms with Crippen molar-refractivity contribution < 1.29 is 19.5 Å². The second-order valence-corrected chi connectivity index (χ2v) is 5.37. The molecule has 1 aliphatic heterocycles. The number of hydrogen-bond acceptors (Lipinski definition) is 5. The zero-order valence-electron chi connectivity index (χ0n) is 12.7. The summed E-state index contributed by atoms with van der Waals surface area (Å²) in [5.41, 5.74) is -0.147. The Labute approximate surface area is 129 Å². The van der Waals surface area contributed by atoms with E-state index in [2.05, 4.69) is 5.32 Å². The van der Waals surface area contributed by atoms with Crippen LogP contribution in [0.25, 0.3) is 0 Å². The first-order valence-corrected chi connectivity index (χ1v) is 6.98. The number of aliphatic carboxylic acids is 1. The van der Waals surface area contributed by atoms with Gasteiger partial charge in [0.1, 0.15) is 17.7 Å². The van der Waals surface area contributed by atoms with Gasteiger partial charge in [0.2, 0.25) is 6.41 Å². The van der Waals surface area contributed by atoms with Crippen LogP contribution >= 0.6 is 0 Å². The number of amides is 2. The molecule has 2 N–H and O–H groups in total. The van der Waals surface area contributed by atoms with Crippen LogP contribution in [0.4, 0.5) is 0 Å². The lowest BCUT2D eigenvalue weighted by atomic mass is 10.0. The summed E-state index contributed by atoms with van der Waals surface area (Å²) in [6.07, 6.45) is 2.18. The molecular formula is C14H20N4O4. The summed E-state index contributed by atoms with van der Waals surface area (Å²) in [4.78, 5) is 37.1. The van der Waals surface area contributed by atoms with Crippen molar-refractivity contribution in [3.05, 3.63) is 11.8 Å². The van der Waals surface area contributed by atoms with Gasteiger partial charge < -0.3 is 20.2 Å². The number of carboxylic acids is 1. The van der Waals surface area contributed by atoms with E-state index in [0.29, 0.717) is 26.2 Å². The van der Waals surface area contributed by atoms with Crippen LogP contribution in [0.1, 0.15) is 13.8 Å². The largest absolute Gasteiger partial charge is 0.480 e. The lowest BCUT2D eigenvalue weighted by molar-refractivity contribution is -0.142. The molecule has 1 rings (SSSR count). The van der Waals surface area contributed by atoms with Gasteiger partial charge in [0.05, 0.1) is 0 Å². The number of nitrogens with one attached hydrogen (secondary N) is 1. The van der Waals surface area contributed by atoms with Crippen molar-refractivity contribution in [2.75, 3.05) is 26.2 Å². The van der Waals surface area contributed by atoms with Crippen molar-refractivity contribution in [1.29, 1.82) is 5.26 Å². The minimum Gasteiger partial charge on any atom is -0.480 e. The summed E-state index contributed by atoms with van der Waals surface area (Å²) in [5, 5.41) is 20.5. The van der Waals surface area contributed by atoms with Gasteiger partial charge in [-0.3, -0.25) is 9.59 Å². The molecule has 1 aliphatic rings. The van der Waals surface area contributed by atoms with Gasteiger partial charge in [-0.05, 0) is 5.92 Å². The van der Waals surface area contributed by atoms with Gasteiger partial charge in [-0.25, -0.2) is 4.79 Å². The van der Waals surface area contributed by atoms with Crippen molar-refractivity contribution in [2.24, 2.45) is 5.92 Å². The van der Waals surface area contributed by atoms with Crippen LogP contribution in [0.2, 0.25) is 0 Å². The van der Waals surface area contributed by atoms with Gasteiger partial charge in [0, 0.05) is 32.4 Å². The van der Waals surface area contributed by atoms with Crippen LogP contribution in [0, 0.1) is 17.2 Å². The third-order valence-corrected chi connectivity index (χ3v) is 3.39. The fraction of sp³-hybridized carbons (Fsp3) is 0.571. The zero-order valence-corrected chi connectivity index (χ0v) is 12.7. The summed E-state index contributed by atoms with van der Waals surface area (Å²) >= 11 is 0. The molecule has 0 aromatic heterocycles. The molecule has 1 atom stereocenters. The highest BCUT2D eigenvalue weighted by molar-refractivity contribution is 5.99. The lowest BCUT2D eigenvalue weighted by Gasteiger charge is -2.31. The van der Waals surface area contributed by atoms with E-state index in [1.54, 1.807) is 29.7 Å². The van der Waals surface area contributed by atoms with E-state index in [-0.39, 0.29) is 11.5 Å². The van der Waals surface area contributed by atoms with E-state index < -0.39 is 17.9 Å². The average molecular weight is 308 g/mol. The monoisotopic (exact) mass is 308 g/mol. The number of nitriles is 1. The Bertz CT molecular complexity index is 501. The summed E-state index contributed by atoms with van der Waals surface area (Å²) < 4.78 is 0. The van der Waals surface area contributed by atoms with E-state index in [1.165, 1.54) is 6.20 Å². The Morgan fingerprint density at radius 2 is 1.77 bits per heavy atom. The number of piperazine rings is 1. The minimum absolute atomic E-state index is 0.147. The van der Waals surface area contributed by atoms with Crippen molar-refractivity contribution in [2.45, 2.75) is 19.9 Å². The predicted molar refractivity (Wildman–Crippen MR) is 77.3 cm³/mol. The minimum atomic E-state index is -1.14. The number of hydrogen-bond donors (Lipinski definition) is 2. The lowest BCUT2D eigenvalue weighted by Crippen LogP contribution is -2.46. The normalized spacial score (nSPS) is 16.9. The molecule has 1 fully saturated rings. The topological polar surface area (TPSA) is 114 Å². The van der Waals surface area contributed by atoms with Crippen molar-refractivity contribution in [3.8, 4) is 6.07 Å². The van der Waals surface area contributed by atoms with Crippen LogP contribution in [0.3, 0.4) is 0 Å². The quantitative estimate of drug-likeness (QED) is 0.384. The molecule has 0 bridgehead atoms. The molecule has 22 heavy (non-hydrogen) atoms. The van der Waals surface area contributed by atoms with Crippen LogP contribution in [0.15, 0.2) is 11.8 Å². The zero-order chi connectivity index (χ0) is 16.7. The Balaban J connectivity index is 2.72. The Hall–Kier alpha value is -2.56. The fourth-order valence-corrected chi connectivity index (χ4v) is 2.03. The molecule has 8 nitrogen and oxygen atoms in total. The molecular weight excluding hydrogens is 288 g/mol. The maximum Gasteiger partial charge on any atom is 0.326 e. The second-order valence-electron chi connectivity index (χ2n) is 5.37. The SMILES string of the molecule is CC(C)C(NC(=O)/C(C#N)=C\N1CCN(C=O)CC1)C(=O)O. The molecule has 120 valence electrons. The van der Waals surface area contributed by atoms with E-state index in [9.17, 15) is 14.4 Å². The first-order valence-electron chi connectivity index (χ1n) is 6.98. The molecule has 1 saturated heterocycles. The first kappa shape index (κ1) is 17.5. The molecule has 0 aromatic carbocycles. The third-order valence-electron chi connectivity index (χ3n) is 3.39. The molecule has 8 heteroatoms. The van der Waals surface area contributed by atoms with Crippen LogP contribution in [0.5, 0.6) is 0 Å². The number of carbonyl (C=O) groups excluding carboxylic acids is 2. The smallest absolute Gasteiger partial charge is 0.326 e. The van der Waals surface area contributed by atoms with Gasteiger partial charge in [-0.15, -0.1) is 0 Å². The Kier molecular flexibility index (Phi) is 6.38. The highest BCUT2D eigenvalue weighted by atomic mass is 16.4. The van der Waals surface area contributed by atoms with Gasteiger partial charge in [-0.1, -0.05) is 13.8 Å². The molecule has 1 heterocycles. The maximum absolute atomic E-state index is 12.0. The highest BCUT2D eigenvalue weighted by Crippen LogP contribution is 2.06. The van der Waals surface area contributed by atoms with Crippen LogP contribution in [-0.4, -0.2) is 65.4 Å². The third kappa shape index (κ3) is 4.77. The summed E-state index contributed by atoms with van der Waals surface area (Å²) in [7, 11) is 0. The predicted octanol–water partition coefficient (Wildman–Crippen LogP) is -0.607. The molecule has 0 radical (unpaired) electrons. The number of carboxylic acid groups (broad SMARTS) is 1. The van der Waals surface area contributed by atoms with Gasteiger partial charge >= 0.3 is 5.97 Å². The van der Waals surface area contributed by atoms with Gasteiger partial charge in [-0.2, -0.15) is 5.26 Å². The fourth-order valence-electron chi connectivity index (χ4n) is 2.03. The standard InChI is InChI=1S/C14H20N4O4/c1-10(2)12(14(21)22)16-13(20)11(7-15)8-17-3-5-18(9-19)6-4-17/h8-10,12H,3-6H2,1-2H3,(H,16,20)(H,21,22)/b11-8-. The van der Waals surface area contributed by atoms with E-state index in [1.807, 2.05) is 0 Å². The number of carbonyl (C=O) groups is 3. The maximum atomic E-state index is 12.0. The molecule has 1 unspecified atom stereocenters. The molecule has 0 saturated carbocycles. The van der Waals surface area contributed by atoms with Crippen molar-refractivity contribution in [1.82, 2.24) is 15.1 Å². The molecule has 0 aromatic rings. The van der Waals surface area contributed by atoms with Crippen molar-refractivity contribution in [3.63, 3.8) is 0 Å². The number of nitrogens with zero attached hydrogens (tertiary/aromatic N) is 3. The molecule has 2 amide bonds. The highest BCUT2D eigenvalue weighted by Gasteiger charge is 2.25. The van der Waals surface area contributed by atoms with E-state index in [0.717, 1.165) is 6.41 Å². The Morgan fingerprint density at radius 1 is 1.23 bits per heavy atom. The van der Waals surface area contributed by atoms with Crippen molar-refractivity contribution >= 4 is 18.3 Å². The van der Waals surface area contributed by atoms with Crippen LogP contribution in [-0.2, 0) is 14.4 Å². The molecule has 0 spiro atoms. The van der Waals surface area contributed by atoms with E-state index in [4.69, 9.17) is 10.4 Å². The van der Waals surface area contributed by atoms with Gasteiger partial charge in [0.25, 0.3) is 5.91 Å². The summed E-state index contributed by atoms with van der Waals surface area (Å²) in [6.45, 7) is 5.42. The summed E-state index contributed by atoms with van der Waals surface area (Å²) in [5.74, 6) is -2.14. The second kappa shape index (κ2) is 8.02. The molecule has 0 aliphatic carbocycles. The number of rotatable bonds is 6. The van der Waals surface area contributed by atoms with Gasteiger partial charge in [0.15, 0.2) is 0 Å². The average Bonchev–Trinajstić information content (AvgIpc) is 2.49. The van der Waals surface area contributed by atoms with E-state index >= 15 is 0 Å². The van der Waals surface area contributed by atoms with Crippen LogP contribution < -0.4 is 5.32 Å². The first-order chi connectivity index (χ1) is 10.4. The Morgan fingerprint density at radius 3 is 2.18 bits per heavy atom. The summed E-state index contributed by atoms with van der Waals surface area (Å²) in [6, 6.07) is 0.744.